The van der Waals surface area contributed by atoms with Gasteiger partial charge in [0.15, 0.2) is 5.13 Å². The van der Waals surface area contributed by atoms with E-state index in [2.05, 4.69) is 11.8 Å². The molecule has 2 heterocycles. The van der Waals surface area contributed by atoms with Gasteiger partial charge in [-0.3, -0.25) is 0 Å². The molecule has 2 aliphatic rings. The quantitative estimate of drug-likeness (QED) is 0.922. The number of thiazole rings is 1. The molecule has 19 heavy (non-hydrogen) atoms. The van der Waals surface area contributed by atoms with E-state index in [9.17, 15) is 5.11 Å². The Balaban J connectivity index is 1.85. The van der Waals surface area contributed by atoms with Crippen molar-refractivity contribution in [3.8, 4) is 0 Å². The van der Waals surface area contributed by atoms with Crippen LogP contribution in [0.3, 0.4) is 0 Å². The standard InChI is InChI=1S/C15H24N2OS/c1-2-12-14(10-18)19-15(16-12)17-9-5-7-11-6-3-4-8-13(11)17/h11,13,18H,2-10H2,1H3. The number of aliphatic hydroxyl groups excluding tert-OH is 1. The monoisotopic (exact) mass is 280 g/mol. The summed E-state index contributed by atoms with van der Waals surface area (Å²) in [5.41, 5.74) is 1.10. The lowest BCUT2D eigenvalue weighted by atomic mass is 9.78. The third-order valence-electron chi connectivity index (χ3n) is 4.73. The van der Waals surface area contributed by atoms with Crippen molar-refractivity contribution in [2.45, 2.75) is 64.5 Å². The molecule has 0 bridgehead atoms. The van der Waals surface area contributed by atoms with Crippen LogP contribution in [0.25, 0.3) is 0 Å². The first kappa shape index (κ1) is 13.4. The number of hydrogen-bond acceptors (Lipinski definition) is 4. The van der Waals surface area contributed by atoms with Crippen molar-refractivity contribution in [1.29, 1.82) is 0 Å². The molecule has 0 radical (unpaired) electrons. The van der Waals surface area contributed by atoms with Gasteiger partial charge >= 0.3 is 0 Å². The van der Waals surface area contributed by atoms with Crippen molar-refractivity contribution in [1.82, 2.24) is 4.98 Å². The number of aliphatic hydroxyl groups is 1. The van der Waals surface area contributed by atoms with Crippen LogP contribution in [0.1, 0.15) is 56.0 Å². The van der Waals surface area contributed by atoms with Gasteiger partial charge in [-0.05, 0) is 38.0 Å². The highest BCUT2D eigenvalue weighted by atomic mass is 32.1. The second kappa shape index (κ2) is 5.80. The molecule has 3 rings (SSSR count). The lowest BCUT2D eigenvalue weighted by Gasteiger charge is -2.44. The van der Waals surface area contributed by atoms with E-state index in [0.29, 0.717) is 6.04 Å². The van der Waals surface area contributed by atoms with Gasteiger partial charge in [-0.2, -0.15) is 0 Å². The summed E-state index contributed by atoms with van der Waals surface area (Å²) in [7, 11) is 0. The molecule has 4 heteroatoms. The van der Waals surface area contributed by atoms with E-state index >= 15 is 0 Å². The normalized spacial score (nSPS) is 27.4. The highest BCUT2D eigenvalue weighted by Gasteiger charge is 2.34. The summed E-state index contributed by atoms with van der Waals surface area (Å²) in [5, 5.41) is 10.6. The maximum atomic E-state index is 9.45. The Morgan fingerprint density at radius 1 is 1.26 bits per heavy atom. The molecule has 1 aliphatic heterocycles. The van der Waals surface area contributed by atoms with Crippen molar-refractivity contribution in [2.75, 3.05) is 11.4 Å². The molecular weight excluding hydrogens is 256 g/mol. The van der Waals surface area contributed by atoms with E-state index in [1.807, 2.05) is 0 Å². The first-order valence-electron chi connectivity index (χ1n) is 7.69. The highest BCUT2D eigenvalue weighted by Crippen LogP contribution is 2.39. The number of rotatable bonds is 3. The van der Waals surface area contributed by atoms with Gasteiger partial charge in [0.25, 0.3) is 0 Å². The maximum Gasteiger partial charge on any atom is 0.186 e. The van der Waals surface area contributed by atoms with Gasteiger partial charge in [0, 0.05) is 12.6 Å². The topological polar surface area (TPSA) is 36.4 Å². The van der Waals surface area contributed by atoms with E-state index in [1.165, 1.54) is 38.5 Å². The Labute approximate surface area is 119 Å². The SMILES string of the molecule is CCc1nc(N2CCCC3CCCCC32)sc1CO. The molecule has 1 saturated heterocycles. The zero-order valence-electron chi connectivity index (χ0n) is 11.8. The number of aromatic nitrogens is 1. The van der Waals surface area contributed by atoms with Crippen molar-refractivity contribution in [2.24, 2.45) is 5.92 Å². The predicted octanol–water partition coefficient (Wildman–Crippen LogP) is 3.36. The first-order chi connectivity index (χ1) is 9.33. The molecule has 1 N–H and O–H groups in total. The van der Waals surface area contributed by atoms with Gasteiger partial charge < -0.3 is 10.0 Å². The summed E-state index contributed by atoms with van der Waals surface area (Å²) >= 11 is 1.71. The summed E-state index contributed by atoms with van der Waals surface area (Å²) in [6, 6.07) is 0.713. The Hall–Kier alpha value is -0.610. The Bertz CT molecular complexity index is 408. The van der Waals surface area contributed by atoms with Crippen LogP contribution in [0.15, 0.2) is 0 Å². The summed E-state index contributed by atoms with van der Waals surface area (Å²) in [5.74, 6) is 0.883. The molecule has 1 saturated carbocycles. The second-order valence-corrected chi connectivity index (χ2v) is 6.89. The molecule has 3 nitrogen and oxygen atoms in total. The fraction of sp³-hybridized carbons (Fsp3) is 0.800. The van der Waals surface area contributed by atoms with Gasteiger partial charge in [-0.1, -0.05) is 31.1 Å². The molecule has 0 amide bonds. The van der Waals surface area contributed by atoms with E-state index < -0.39 is 0 Å². The lowest BCUT2D eigenvalue weighted by Crippen LogP contribution is -2.46. The van der Waals surface area contributed by atoms with Crippen LogP contribution in [0, 0.1) is 5.92 Å². The molecule has 1 aromatic rings. The number of hydrogen-bond donors (Lipinski definition) is 1. The van der Waals surface area contributed by atoms with Crippen LogP contribution < -0.4 is 4.90 Å². The zero-order valence-corrected chi connectivity index (χ0v) is 12.6. The van der Waals surface area contributed by atoms with Crippen LogP contribution in [0.4, 0.5) is 5.13 Å². The van der Waals surface area contributed by atoms with Gasteiger partial charge in [0.2, 0.25) is 0 Å². The van der Waals surface area contributed by atoms with Gasteiger partial charge in [-0.15, -0.1) is 0 Å². The number of anilines is 1. The minimum absolute atomic E-state index is 0.142. The molecule has 2 fully saturated rings. The number of fused-ring (bicyclic) bond motifs is 1. The van der Waals surface area contributed by atoms with E-state index in [4.69, 9.17) is 4.98 Å². The third-order valence-corrected chi connectivity index (χ3v) is 5.85. The molecule has 106 valence electrons. The summed E-state index contributed by atoms with van der Waals surface area (Å²) in [6.45, 7) is 3.42. The van der Waals surface area contributed by atoms with Crippen molar-refractivity contribution >= 4 is 16.5 Å². The first-order valence-corrected chi connectivity index (χ1v) is 8.51. The third kappa shape index (κ3) is 2.52. The molecule has 2 atom stereocenters. The smallest absolute Gasteiger partial charge is 0.186 e. The summed E-state index contributed by atoms with van der Waals surface area (Å²) < 4.78 is 0. The minimum atomic E-state index is 0.142. The van der Waals surface area contributed by atoms with Crippen LogP contribution in [0.2, 0.25) is 0 Å². The van der Waals surface area contributed by atoms with Crippen LogP contribution >= 0.6 is 11.3 Å². The Morgan fingerprint density at radius 2 is 2.05 bits per heavy atom. The van der Waals surface area contributed by atoms with Gasteiger partial charge in [-0.25, -0.2) is 4.98 Å². The molecule has 1 aromatic heterocycles. The summed E-state index contributed by atoms with van der Waals surface area (Å²) in [6.07, 6.45) is 9.15. The fourth-order valence-corrected chi connectivity index (χ4v) is 4.85. The zero-order chi connectivity index (χ0) is 13.2. The lowest BCUT2D eigenvalue weighted by molar-refractivity contribution is 0.243. The second-order valence-electron chi connectivity index (χ2n) is 5.83. The van der Waals surface area contributed by atoms with Crippen molar-refractivity contribution in [3.63, 3.8) is 0 Å². The minimum Gasteiger partial charge on any atom is -0.391 e. The van der Waals surface area contributed by atoms with Crippen LogP contribution in [-0.2, 0) is 13.0 Å². The van der Waals surface area contributed by atoms with E-state index in [1.54, 1.807) is 11.3 Å². The molecule has 0 spiro atoms. The fourth-order valence-electron chi connectivity index (χ4n) is 3.75. The predicted molar refractivity (Wildman–Crippen MR) is 79.7 cm³/mol. The number of piperidine rings is 1. The Kier molecular flexibility index (Phi) is 4.08. The number of nitrogens with zero attached hydrogens (tertiary/aromatic N) is 2. The molecule has 2 unspecified atom stereocenters. The van der Waals surface area contributed by atoms with E-state index in [-0.39, 0.29) is 6.61 Å². The highest BCUT2D eigenvalue weighted by molar-refractivity contribution is 7.15. The van der Waals surface area contributed by atoms with Gasteiger partial charge in [0.1, 0.15) is 0 Å². The molecular formula is C15H24N2OS. The molecule has 0 aromatic carbocycles. The van der Waals surface area contributed by atoms with Crippen molar-refractivity contribution in [3.05, 3.63) is 10.6 Å². The maximum absolute atomic E-state index is 9.45. The van der Waals surface area contributed by atoms with Crippen LogP contribution in [-0.4, -0.2) is 22.7 Å². The average Bonchev–Trinajstić information content (AvgIpc) is 2.89. The molecule has 1 aliphatic carbocycles. The Morgan fingerprint density at radius 3 is 2.79 bits per heavy atom. The van der Waals surface area contributed by atoms with Crippen LogP contribution in [0.5, 0.6) is 0 Å². The van der Waals surface area contributed by atoms with E-state index in [0.717, 1.165) is 34.6 Å². The average molecular weight is 280 g/mol. The van der Waals surface area contributed by atoms with Gasteiger partial charge in [0.05, 0.1) is 17.2 Å². The number of aryl methyl sites for hydroxylation is 1. The van der Waals surface area contributed by atoms with Crippen molar-refractivity contribution < 1.29 is 5.11 Å². The summed E-state index contributed by atoms with van der Waals surface area (Å²) in [4.78, 5) is 8.42. The largest absolute Gasteiger partial charge is 0.391 e.